The summed E-state index contributed by atoms with van der Waals surface area (Å²) in [6, 6.07) is 9.27. The van der Waals surface area contributed by atoms with E-state index in [0.29, 0.717) is 6.04 Å². The van der Waals surface area contributed by atoms with Crippen LogP contribution in [0.4, 0.5) is 0 Å². The van der Waals surface area contributed by atoms with E-state index < -0.39 is 0 Å². The minimum absolute atomic E-state index is 0.381. The molecule has 1 fully saturated rings. The number of nitrogens with two attached hydrogens (primary N) is 1. The summed E-state index contributed by atoms with van der Waals surface area (Å²) in [7, 11) is 0. The minimum atomic E-state index is 0.381. The van der Waals surface area contributed by atoms with Crippen LogP contribution >= 0.6 is 0 Å². The van der Waals surface area contributed by atoms with Crippen molar-refractivity contribution in [2.24, 2.45) is 23.5 Å². The van der Waals surface area contributed by atoms with Gasteiger partial charge >= 0.3 is 0 Å². The molecule has 2 rings (SSSR count). The van der Waals surface area contributed by atoms with E-state index in [9.17, 15) is 0 Å². The van der Waals surface area contributed by atoms with E-state index in [4.69, 9.17) is 5.73 Å². The molecule has 1 aliphatic rings. The van der Waals surface area contributed by atoms with E-state index in [1.54, 1.807) is 0 Å². The molecule has 0 spiro atoms. The van der Waals surface area contributed by atoms with Crippen LogP contribution in [-0.2, 0) is 6.42 Å². The fourth-order valence-corrected chi connectivity index (χ4v) is 3.68. The Morgan fingerprint density at radius 3 is 2.21 bits per heavy atom. The molecule has 0 aromatic heterocycles. The second-order valence-electron chi connectivity index (χ2n) is 6.87. The Balaban J connectivity index is 1.83. The number of rotatable bonds is 4. The molecule has 1 aromatic carbocycles. The summed E-state index contributed by atoms with van der Waals surface area (Å²) >= 11 is 0. The zero-order valence-corrected chi connectivity index (χ0v) is 12.7. The van der Waals surface area contributed by atoms with Gasteiger partial charge in [0.1, 0.15) is 0 Å². The van der Waals surface area contributed by atoms with Crippen molar-refractivity contribution < 1.29 is 0 Å². The molecular formula is C18H29N. The standard InChI is InChI=1S/C18H29N/c1-13-4-6-16(7-5-13)8-9-18(19)17-11-14(2)10-15(3)12-17/h4-7,14-15,17-18H,8-12,19H2,1-3H3. The normalized spacial score (nSPS) is 29.2. The van der Waals surface area contributed by atoms with E-state index in [1.165, 1.54) is 30.4 Å². The molecule has 3 unspecified atom stereocenters. The van der Waals surface area contributed by atoms with Crippen molar-refractivity contribution in [3.05, 3.63) is 35.4 Å². The SMILES string of the molecule is Cc1ccc(CCC(N)C2CC(C)CC(C)C2)cc1. The maximum atomic E-state index is 6.45. The third kappa shape index (κ3) is 4.35. The number of hydrogen-bond acceptors (Lipinski definition) is 1. The fraction of sp³-hybridized carbons (Fsp3) is 0.667. The summed E-state index contributed by atoms with van der Waals surface area (Å²) in [5, 5.41) is 0. The average Bonchev–Trinajstić information content (AvgIpc) is 2.36. The number of aryl methyl sites for hydroxylation is 2. The predicted octanol–water partition coefficient (Wildman–Crippen LogP) is 4.33. The summed E-state index contributed by atoms with van der Waals surface area (Å²) < 4.78 is 0. The molecule has 3 atom stereocenters. The van der Waals surface area contributed by atoms with Crippen LogP contribution in [0.1, 0.15) is 50.7 Å². The Kier molecular flexibility index (Phi) is 5.04. The lowest BCUT2D eigenvalue weighted by molar-refractivity contribution is 0.188. The second-order valence-corrected chi connectivity index (χ2v) is 6.87. The van der Waals surface area contributed by atoms with Crippen LogP contribution in [-0.4, -0.2) is 6.04 Å². The first kappa shape index (κ1) is 14.6. The van der Waals surface area contributed by atoms with Crippen molar-refractivity contribution >= 4 is 0 Å². The molecule has 0 heterocycles. The summed E-state index contributed by atoms with van der Waals surface area (Å²) in [6.45, 7) is 6.91. The van der Waals surface area contributed by atoms with Crippen LogP contribution in [0.15, 0.2) is 24.3 Å². The number of benzene rings is 1. The molecule has 1 saturated carbocycles. The molecule has 0 radical (unpaired) electrons. The van der Waals surface area contributed by atoms with Gasteiger partial charge in [-0.15, -0.1) is 0 Å². The van der Waals surface area contributed by atoms with Crippen molar-refractivity contribution in [3.8, 4) is 0 Å². The first-order chi connectivity index (χ1) is 9.04. The monoisotopic (exact) mass is 259 g/mol. The van der Waals surface area contributed by atoms with Gasteiger partial charge in [-0.1, -0.05) is 43.7 Å². The molecule has 0 amide bonds. The second kappa shape index (κ2) is 6.56. The van der Waals surface area contributed by atoms with Crippen molar-refractivity contribution in [1.29, 1.82) is 0 Å². The lowest BCUT2D eigenvalue weighted by Crippen LogP contribution is -2.35. The maximum absolute atomic E-state index is 6.45. The molecular weight excluding hydrogens is 230 g/mol. The molecule has 19 heavy (non-hydrogen) atoms. The van der Waals surface area contributed by atoms with Gasteiger partial charge in [0.25, 0.3) is 0 Å². The first-order valence-electron chi connectivity index (χ1n) is 7.85. The van der Waals surface area contributed by atoms with Gasteiger partial charge in [-0.05, 0) is 62.3 Å². The van der Waals surface area contributed by atoms with Crippen molar-refractivity contribution in [3.63, 3.8) is 0 Å². The van der Waals surface area contributed by atoms with Crippen LogP contribution in [0, 0.1) is 24.7 Å². The van der Waals surface area contributed by atoms with Gasteiger partial charge in [-0.2, -0.15) is 0 Å². The third-order valence-electron chi connectivity index (χ3n) is 4.71. The Labute approximate surface area is 118 Å². The average molecular weight is 259 g/mol. The van der Waals surface area contributed by atoms with E-state index in [2.05, 4.69) is 45.0 Å². The van der Waals surface area contributed by atoms with Gasteiger partial charge in [0.2, 0.25) is 0 Å². The molecule has 1 aliphatic carbocycles. The fourth-order valence-electron chi connectivity index (χ4n) is 3.68. The minimum Gasteiger partial charge on any atom is -0.327 e. The van der Waals surface area contributed by atoms with Gasteiger partial charge in [0.05, 0.1) is 0 Å². The molecule has 1 nitrogen and oxygen atoms in total. The molecule has 1 aromatic rings. The first-order valence-corrected chi connectivity index (χ1v) is 7.85. The van der Waals surface area contributed by atoms with Crippen molar-refractivity contribution in [2.75, 3.05) is 0 Å². The smallest absolute Gasteiger partial charge is 0.00705 e. The Hall–Kier alpha value is -0.820. The van der Waals surface area contributed by atoms with Crippen molar-refractivity contribution in [2.45, 2.75) is 58.9 Å². The van der Waals surface area contributed by atoms with Crippen LogP contribution in [0.3, 0.4) is 0 Å². The Morgan fingerprint density at radius 2 is 1.63 bits per heavy atom. The maximum Gasteiger partial charge on any atom is 0.00705 e. The quantitative estimate of drug-likeness (QED) is 0.856. The number of hydrogen-bond donors (Lipinski definition) is 1. The van der Waals surface area contributed by atoms with E-state index in [0.717, 1.165) is 30.6 Å². The topological polar surface area (TPSA) is 26.0 Å². The highest BCUT2D eigenvalue weighted by molar-refractivity contribution is 5.21. The largest absolute Gasteiger partial charge is 0.327 e. The predicted molar refractivity (Wildman–Crippen MR) is 83.1 cm³/mol. The summed E-state index contributed by atoms with van der Waals surface area (Å²) in [5.74, 6) is 2.46. The Bertz CT molecular complexity index is 371. The summed E-state index contributed by atoms with van der Waals surface area (Å²) in [4.78, 5) is 0. The van der Waals surface area contributed by atoms with Crippen molar-refractivity contribution in [1.82, 2.24) is 0 Å². The van der Waals surface area contributed by atoms with Gasteiger partial charge in [0, 0.05) is 6.04 Å². The van der Waals surface area contributed by atoms with Gasteiger partial charge in [-0.25, -0.2) is 0 Å². The molecule has 0 bridgehead atoms. The van der Waals surface area contributed by atoms with Crippen LogP contribution < -0.4 is 5.73 Å². The van der Waals surface area contributed by atoms with Gasteiger partial charge < -0.3 is 5.73 Å². The molecule has 0 saturated heterocycles. The van der Waals surface area contributed by atoms with Crippen LogP contribution in [0.25, 0.3) is 0 Å². The Morgan fingerprint density at radius 1 is 1.05 bits per heavy atom. The van der Waals surface area contributed by atoms with E-state index in [-0.39, 0.29) is 0 Å². The lowest BCUT2D eigenvalue weighted by atomic mass is 9.73. The zero-order valence-electron chi connectivity index (χ0n) is 12.7. The van der Waals surface area contributed by atoms with E-state index >= 15 is 0 Å². The molecule has 106 valence electrons. The molecule has 0 aliphatic heterocycles. The van der Waals surface area contributed by atoms with Gasteiger partial charge in [0.15, 0.2) is 0 Å². The molecule has 1 heteroatoms. The highest BCUT2D eigenvalue weighted by Crippen LogP contribution is 2.35. The van der Waals surface area contributed by atoms with Crippen LogP contribution in [0.2, 0.25) is 0 Å². The highest BCUT2D eigenvalue weighted by atomic mass is 14.7. The molecule has 2 N–H and O–H groups in total. The summed E-state index contributed by atoms with van der Waals surface area (Å²) in [6.07, 6.45) is 6.31. The highest BCUT2D eigenvalue weighted by Gasteiger charge is 2.27. The van der Waals surface area contributed by atoms with Gasteiger partial charge in [-0.3, -0.25) is 0 Å². The zero-order chi connectivity index (χ0) is 13.8. The van der Waals surface area contributed by atoms with Crippen LogP contribution in [0.5, 0.6) is 0 Å². The lowest BCUT2D eigenvalue weighted by Gasteiger charge is -2.35. The third-order valence-corrected chi connectivity index (χ3v) is 4.71. The van der Waals surface area contributed by atoms with E-state index in [1.807, 2.05) is 0 Å². The summed E-state index contributed by atoms with van der Waals surface area (Å²) in [5.41, 5.74) is 9.22.